The third-order valence-electron chi connectivity index (χ3n) is 4.66. The molecule has 1 aliphatic heterocycles. The number of aromatic nitrogens is 1. The van der Waals surface area contributed by atoms with E-state index in [1.807, 2.05) is 23.2 Å². The van der Waals surface area contributed by atoms with Crippen LogP contribution in [0.3, 0.4) is 0 Å². The van der Waals surface area contributed by atoms with Crippen molar-refractivity contribution in [2.45, 2.75) is 38.8 Å². The van der Waals surface area contributed by atoms with E-state index in [4.69, 9.17) is 0 Å². The summed E-state index contributed by atoms with van der Waals surface area (Å²) < 4.78 is 0. The molecule has 1 aliphatic rings. The molecule has 2 aromatic rings. The molecular formula is C20H25N3O. The van der Waals surface area contributed by atoms with Crippen molar-refractivity contribution in [3.05, 3.63) is 65.5 Å². The summed E-state index contributed by atoms with van der Waals surface area (Å²) in [4.78, 5) is 19.0. The number of benzene rings is 1. The Morgan fingerprint density at radius 2 is 2.12 bits per heavy atom. The first-order valence-electron chi connectivity index (χ1n) is 8.77. The number of hydrogen-bond donors (Lipinski definition) is 1. The zero-order valence-electron chi connectivity index (χ0n) is 14.2. The molecule has 1 aromatic heterocycles. The summed E-state index contributed by atoms with van der Waals surface area (Å²) in [5.74, 6) is 0.139. The lowest BCUT2D eigenvalue weighted by Crippen LogP contribution is -2.48. The van der Waals surface area contributed by atoms with Gasteiger partial charge in [-0.25, -0.2) is 0 Å². The second-order valence-electron chi connectivity index (χ2n) is 6.34. The normalized spacial score (nSPS) is 17.7. The van der Waals surface area contributed by atoms with Crippen LogP contribution in [0.25, 0.3) is 0 Å². The number of nitrogens with one attached hydrogen (secondary N) is 1. The Morgan fingerprint density at radius 3 is 2.92 bits per heavy atom. The highest BCUT2D eigenvalue weighted by Gasteiger charge is 2.25. The van der Waals surface area contributed by atoms with Gasteiger partial charge in [0.2, 0.25) is 0 Å². The average molecular weight is 323 g/mol. The number of pyridine rings is 1. The van der Waals surface area contributed by atoms with Gasteiger partial charge >= 0.3 is 0 Å². The summed E-state index contributed by atoms with van der Waals surface area (Å²) in [5, 5.41) is 3.60. The van der Waals surface area contributed by atoms with E-state index in [0.29, 0.717) is 6.04 Å². The lowest BCUT2D eigenvalue weighted by atomic mass is 10.0. The Labute approximate surface area is 143 Å². The van der Waals surface area contributed by atoms with Gasteiger partial charge in [0.05, 0.1) is 0 Å². The SMILES string of the molecule is CCc1cnccc1C(=O)N1CCC[C@@H](NCc2ccccc2)C1. The first-order chi connectivity index (χ1) is 11.8. The average Bonchev–Trinajstić information content (AvgIpc) is 2.67. The molecular weight excluding hydrogens is 298 g/mol. The number of hydrogen-bond acceptors (Lipinski definition) is 3. The Morgan fingerprint density at radius 1 is 1.29 bits per heavy atom. The molecule has 4 heteroatoms. The maximum absolute atomic E-state index is 12.9. The lowest BCUT2D eigenvalue weighted by molar-refractivity contribution is 0.0693. The number of carbonyl (C=O) groups excluding carboxylic acids is 1. The highest BCUT2D eigenvalue weighted by Crippen LogP contribution is 2.17. The van der Waals surface area contributed by atoms with E-state index in [0.717, 1.165) is 50.0 Å². The topological polar surface area (TPSA) is 45.2 Å². The Hall–Kier alpha value is -2.20. The van der Waals surface area contributed by atoms with Gasteiger partial charge in [0.1, 0.15) is 0 Å². The molecule has 24 heavy (non-hydrogen) atoms. The van der Waals surface area contributed by atoms with Crippen molar-refractivity contribution in [2.24, 2.45) is 0 Å². The fourth-order valence-corrected chi connectivity index (χ4v) is 3.27. The molecule has 0 unspecified atom stereocenters. The quantitative estimate of drug-likeness (QED) is 0.920. The maximum atomic E-state index is 12.9. The summed E-state index contributed by atoms with van der Waals surface area (Å²) >= 11 is 0. The van der Waals surface area contributed by atoms with Gasteiger partial charge in [0, 0.05) is 43.6 Å². The van der Waals surface area contributed by atoms with Crippen LogP contribution in [-0.2, 0) is 13.0 Å². The van der Waals surface area contributed by atoms with E-state index in [2.05, 4.69) is 41.5 Å². The Kier molecular flexibility index (Phi) is 5.59. The lowest BCUT2D eigenvalue weighted by Gasteiger charge is -2.33. The molecule has 0 spiro atoms. The van der Waals surface area contributed by atoms with E-state index < -0.39 is 0 Å². The van der Waals surface area contributed by atoms with Crippen LogP contribution in [0.2, 0.25) is 0 Å². The number of nitrogens with zero attached hydrogens (tertiary/aromatic N) is 2. The molecule has 0 aliphatic carbocycles. The second-order valence-corrected chi connectivity index (χ2v) is 6.34. The summed E-state index contributed by atoms with van der Waals surface area (Å²) in [6.07, 6.45) is 6.51. The van der Waals surface area contributed by atoms with E-state index >= 15 is 0 Å². The smallest absolute Gasteiger partial charge is 0.254 e. The molecule has 0 saturated carbocycles. The zero-order valence-corrected chi connectivity index (χ0v) is 14.2. The van der Waals surface area contributed by atoms with Gasteiger partial charge in [-0.05, 0) is 36.5 Å². The van der Waals surface area contributed by atoms with Crippen LogP contribution in [0, 0.1) is 0 Å². The van der Waals surface area contributed by atoms with Crippen LogP contribution < -0.4 is 5.32 Å². The molecule has 0 bridgehead atoms. The number of carbonyl (C=O) groups is 1. The van der Waals surface area contributed by atoms with Crippen LogP contribution >= 0.6 is 0 Å². The van der Waals surface area contributed by atoms with E-state index in [1.54, 1.807) is 6.20 Å². The molecule has 0 radical (unpaired) electrons. The molecule has 1 aromatic carbocycles. The van der Waals surface area contributed by atoms with Crippen molar-refractivity contribution in [1.82, 2.24) is 15.2 Å². The Bertz CT molecular complexity index is 672. The standard InChI is InChI=1S/C20H25N3O/c1-2-17-14-21-11-10-19(17)20(24)23-12-6-9-18(15-23)22-13-16-7-4-3-5-8-16/h3-5,7-8,10-11,14,18,22H,2,6,9,12-13,15H2,1H3/t18-/m1/s1. The number of likely N-dealkylation sites (tertiary alicyclic amines) is 1. The predicted molar refractivity (Wildman–Crippen MR) is 95.8 cm³/mol. The molecule has 2 heterocycles. The van der Waals surface area contributed by atoms with Crippen molar-refractivity contribution in [3.63, 3.8) is 0 Å². The molecule has 1 amide bonds. The van der Waals surface area contributed by atoms with Crippen molar-refractivity contribution in [3.8, 4) is 0 Å². The largest absolute Gasteiger partial charge is 0.337 e. The van der Waals surface area contributed by atoms with Gasteiger partial charge in [-0.15, -0.1) is 0 Å². The minimum absolute atomic E-state index is 0.139. The molecule has 3 rings (SSSR count). The van der Waals surface area contributed by atoms with Crippen LogP contribution in [0.5, 0.6) is 0 Å². The van der Waals surface area contributed by atoms with Gasteiger partial charge in [0.25, 0.3) is 5.91 Å². The molecule has 126 valence electrons. The molecule has 1 atom stereocenters. The second kappa shape index (κ2) is 8.06. The van der Waals surface area contributed by atoms with Gasteiger partial charge in [-0.2, -0.15) is 0 Å². The molecule has 1 saturated heterocycles. The highest BCUT2D eigenvalue weighted by atomic mass is 16.2. The van der Waals surface area contributed by atoms with Crippen LogP contribution in [0.4, 0.5) is 0 Å². The third kappa shape index (κ3) is 4.01. The molecule has 1 fully saturated rings. The van der Waals surface area contributed by atoms with E-state index in [1.165, 1.54) is 5.56 Å². The van der Waals surface area contributed by atoms with Crippen molar-refractivity contribution < 1.29 is 4.79 Å². The number of aryl methyl sites for hydroxylation is 1. The summed E-state index contributed by atoms with van der Waals surface area (Å²) in [6.45, 7) is 4.53. The van der Waals surface area contributed by atoms with Crippen molar-refractivity contribution >= 4 is 5.91 Å². The van der Waals surface area contributed by atoms with Gasteiger partial charge < -0.3 is 10.2 Å². The summed E-state index contributed by atoms with van der Waals surface area (Å²) in [7, 11) is 0. The van der Waals surface area contributed by atoms with Crippen molar-refractivity contribution in [1.29, 1.82) is 0 Å². The maximum Gasteiger partial charge on any atom is 0.254 e. The van der Waals surface area contributed by atoms with Crippen LogP contribution in [-0.4, -0.2) is 34.9 Å². The van der Waals surface area contributed by atoms with Crippen molar-refractivity contribution in [2.75, 3.05) is 13.1 Å². The summed E-state index contributed by atoms with van der Waals surface area (Å²) in [5.41, 5.74) is 3.11. The number of piperidine rings is 1. The third-order valence-corrected chi connectivity index (χ3v) is 4.66. The van der Waals surface area contributed by atoms with E-state index in [-0.39, 0.29) is 5.91 Å². The van der Waals surface area contributed by atoms with E-state index in [9.17, 15) is 4.79 Å². The van der Waals surface area contributed by atoms with Gasteiger partial charge in [-0.1, -0.05) is 37.3 Å². The minimum atomic E-state index is 0.139. The van der Waals surface area contributed by atoms with Gasteiger partial charge in [-0.3, -0.25) is 9.78 Å². The minimum Gasteiger partial charge on any atom is -0.337 e. The fourth-order valence-electron chi connectivity index (χ4n) is 3.27. The predicted octanol–water partition coefficient (Wildman–Crippen LogP) is 3.04. The first-order valence-corrected chi connectivity index (χ1v) is 8.77. The number of rotatable bonds is 5. The fraction of sp³-hybridized carbons (Fsp3) is 0.400. The zero-order chi connectivity index (χ0) is 16.8. The molecule has 4 nitrogen and oxygen atoms in total. The van der Waals surface area contributed by atoms with Crippen LogP contribution in [0.1, 0.15) is 41.3 Å². The number of amides is 1. The molecule has 1 N–H and O–H groups in total. The van der Waals surface area contributed by atoms with Gasteiger partial charge in [0.15, 0.2) is 0 Å². The van der Waals surface area contributed by atoms with Crippen LogP contribution in [0.15, 0.2) is 48.8 Å². The monoisotopic (exact) mass is 323 g/mol. The summed E-state index contributed by atoms with van der Waals surface area (Å²) in [6, 6.07) is 12.6. The highest BCUT2D eigenvalue weighted by molar-refractivity contribution is 5.95. The Balaban J connectivity index is 1.61. The first kappa shape index (κ1) is 16.7.